The maximum absolute atomic E-state index is 12.3. The standard InChI is InChI=1S/C15H24N2O2S/c1-13-6-5-7-14(10-13)20(18,19)17-12-15(11-16)8-3-2-4-9-15/h5-7,10,17H,2-4,8-9,11-12,16H2,1H3. The Hall–Kier alpha value is -0.910. The van der Waals surface area contributed by atoms with Gasteiger partial charge in [-0.25, -0.2) is 13.1 Å². The molecule has 1 aliphatic rings. The predicted octanol–water partition coefficient (Wildman–Crippen LogP) is 2.18. The highest BCUT2D eigenvalue weighted by atomic mass is 32.2. The first-order valence-electron chi connectivity index (χ1n) is 7.24. The normalized spacial score (nSPS) is 18.9. The van der Waals surface area contributed by atoms with Gasteiger partial charge in [-0.2, -0.15) is 0 Å². The van der Waals surface area contributed by atoms with E-state index >= 15 is 0 Å². The van der Waals surface area contributed by atoms with Crippen molar-refractivity contribution in [2.45, 2.75) is 43.9 Å². The minimum Gasteiger partial charge on any atom is -0.330 e. The lowest BCUT2D eigenvalue weighted by Crippen LogP contribution is -2.43. The van der Waals surface area contributed by atoms with Crippen molar-refractivity contribution in [1.29, 1.82) is 0 Å². The number of nitrogens with two attached hydrogens (primary N) is 1. The molecule has 2 rings (SSSR count). The number of benzene rings is 1. The summed E-state index contributed by atoms with van der Waals surface area (Å²) in [4.78, 5) is 0.334. The molecule has 0 aromatic heterocycles. The van der Waals surface area contributed by atoms with Gasteiger partial charge in [-0.15, -0.1) is 0 Å². The second kappa shape index (κ2) is 6.24. The van der Waals surface area contributed by atoms with Gasteiger partial charge < -0.3 is 5.73 Å². The Bertz CT molecular complexity index is 549. The van der Waals surface area contributed by atoms with E-state index in [1.165, 1.54) is 6.42 Å². The van der Waals surface area contributed by atoms with Crippen molar-refractivity contribution in [3.63, 3.8) is 0 Å². The van der Waals surface area contributed by atoms with Gasteiger partial charge in [0, 0.05) is 6.54 Å². The minimum atomic E-state index is -3.44. The van der Waals surface area contributed by atoms with Gasteiger partial charge in [-0.05, 0) is 49.4 Å². The Morgan fingerprint density at radius 3 is 2.55 bits per heavy atom. The topological polar surface area (TPSA) is 72.2 Å². The zero-order chi connectivity index (χ0) is 14.6. The molecule has 0 atom stereocenters. The Balaban J connectivity index is 2.08. The minimum absolute atomic E-state index is 0.0604. The zero-order valence-electron chi connectivity index (χ0n) is 12.1. The predicted molar refractivity (Wildman–Crippen MR) is 80.9 cm³/mol. The Labute approximate surface area is 121 Å². The van der Waals surface area contributed by atoms with Crippen LogP contribution in [0.15, 0.2) is 29.2 Å². The summed E-state index contributed by atoms with van der Waals surface area (Å²) in [5, 5.41) is 0. The molecule has 1 aliphatic carbocycles. The van der Waals surface area contributed by atoms with E-state index in [-0.39, 0.29) is 5.41 Å². The molecule has 0 aliphatic heterocycles. The molecule has 0 heterocycles. The molecular weight excluding hydrogens is 272 g/mol. The molecule has 0 bridgehead atoms. The van der Waals surface area contributed by atoms with E-state index in [9.17, 15) is 8.42 Å². The quantitative estimate of drug-likeness (QED) is 0.875. The molecule has 0 unspecified atom stereocenters. The molecule has 4 nitrogen and oxygen atoms in total. The molecular formula is C15H24N2O2S. The van der Waals surface area contributed by atoms with Gasteiger partial charge >= 0.3 is 0 Å². The summed E-state index contributed by atoms with van der Waals surface area (Å²) in [7, 11) is -3.44. The van der Waals surface area contributed by atoms with E-state index in [1.807, 2.05) is 13.0 Å². The Morgan fingerprint density at radius 2 is 1.95 bits per heavy atom. The molecule has 0 spiro atoms. The lowest BCUT2D eigenvalue weighted by Gasteiger charge is -2.36. The fourth-order valence-electron chi connectivity index (χ4n) is 2.87. The number of hydrogen-bond acceptors (Lipinski definition) is 3. The van der Waals surface area contributed by atoms with Gasteiger partial charge in [-0.3, -0.25) is 0 Å². The van der Waals surface area contributed by atoms with Crippen molar-refractivity contribution in [1.82, 2.24) is 4.72 Å². The third-order valence-electron chi connectivity index (χ3n) is 4.28. The van der Waals surface area contributed by atoms with Crippen LogP contribution < -0.4 is 10.5 Å². The lowest BCUT2D eigenvalue weighted by molar-refractivity contribution is 0.202. The van der Waals surface area contributed by atoms with Crippen molar-refractivity contribution >= 4 is 10.0 Å². The van der Waals surface area contributed by atoms with Crippen LogP contribution >= 0.6 is 0 Å². The molecule has 1 aromatic carbocycles. The van der Waals surface area contributed by atoms with Gasteiger partial charge in [0.15, 0.2) is 0 Å². The van der Waals surface area contributed by atoms with Crippen molar-refractivity contribution in [2.24, 2.45) is 11.1 Å². The molecule has 1 aromatic rings. The smallest absolute Gasteiger partial charge is 0.240 e. The second-order valence-electron chi connectivity index (χ2n) is 5.91. The summed E-state index contributed by atoms with van der Waals surface area (Å²) in [6, 6.07) is 6.98. The first-order chi connectivity index (χ1) is 9.47. The summed E-state index contributed by atoms with van der Waals surface area (Å²) < 4.78 is 27.4. The fourth-order valence-corrected chi connectivity index (χ4v) is 4.13. The van der Waals surface area contributed by atoms with Crippen LogP contribution in [0.2, 0.25) is 0 Å². The van der Waals surface area contributed by atoms with Crippen LogP contribution in [0.4, 0.5) is 0 Å². The fraction of sp³-hybridized carbons (Fsp3) is 0.600. The Kier molecular flexibility index (Phi) is 4.83. The second-order valence-corrected chi connectivity index (χ2v) is 7.67. The Morgan fingerprint density at radius 1 is 1.25 bits per heavy atom. The highest BCUT2D eigenvalue weighted by Crippen LogP contribution is 2.35. The molecule has 112 valence electrons. The summed E-state index contributed by atoms with van der Waals surface area (Å²) in [6.45, 7) is 2.88. The van der Waals surface area contributed by atoms with E-state index in [0.717, 1.165) is 31.2 Å². The van der Waals surface area contributed by atoms with E-state index in [1.54, 1.807) is 18.2 Å². The molecule has 1 fully saturated rings. The summed E-state index contributed by atoms with van der Waals surface area (Å²) in [5.41, 5.74) is 6.78. The van der Waals surface area contributed by atoms with Crippen molar-refractivity contribution in [3.8, 4) is 0 Å². The SMILES string of the molecule is Cc1cccc(S(=O)(=O)NCC2(CN)CCCCC2)c1. The van der Waals surface area contributed by atoms with Gasteiger partial charge in [0.05, 0.1) is 4.90 Å². The lowest BCUT2D eigenvalue weighted by atomic mass is 9.74. The highest BCUT2D eigenvalue weighted by Gasteiger charge is 2.32. The van der Waals surface area contributed by atoms with Crippen LogP contribution in [0, 0.1) is 12.3 Å². The number of nitrogens with one attached hydrogen (secondary N) is 1. The molecule has 1 saturated carbocycles. The van der Waals surface area contributed by atoms with Gasteiger partial charge in [0.1, 0.15) is 0 Å². The summed E-state index contributed by atoms with van der Waals surface area (Å²) in [6.07, 6.45) is 5.54. The highest BCUT2D eigenvalue weighted by molar-refractivity contribution is 7.89. The monoisotopic (exact) mass is 296 g/mol. The number of rotatable bonds is 5. The molecule has 0 radical (unpaired) electrons. The van der Waals surface area contributed by atoms with Crippen LogP contribution in [0.25, 0.3) is 0 Å². The van der Waals surface area contributed by atoms with E-state index in [4.69, 9.17) is 5.73 Å². The average Bonchev–Trinajstić information content (AvgIpc) is 2.46. The number of aryl methyl sites for hydroxylation is 1. The maximum Gasteiger partial charge on any atom is 0.240 e. The first-order valence-corrected chi connectivity index (χ1v) is 8.72. The van der Waals surface area contributed by atoms with Gasteiger partial charge in [0.2, 0.25) is 10.0 Å². The van der Waals surface area contributed by atoms with E-state index < -0.39 is 10.0 Å². The molecule has 0 saturated heterocycles. The largest absolute Gasteiger partial charge is 0.330 e. The molecule has 0 amide bonds. The van der Waals surface area contributed by atoms with Crippen molar-refractivity contribution < 1.29 is 8.42 Å². The number of hydrogen-bond donors (Lipinski definition) is 2. The summed E-state index contributed by atoms with van der Waals surface area (Å²) in [5.74, 6) is 0. The van der Waals surface area contributed by atoms with E-state index in [2.05, 4.69) is 4.72 Å². The third-order valence-corrected chi connectivity index (χ3v) is 5.68. The zero-order valence-corrected chi connectivity index (χ0v) is 12.9. The first kappa shape index (κ1) is 15.5. The van der Waals surface area contributed by atoms with Crippen molar-refractivity contribution in [2.75, 3.05) is 13.1 Å². The molecule has 20 heavy (non-hydrogen) atoms. The molecule has 3 N–H and O–H groups in total. The summed E-state index contributed by atoms with van der Waals surface area (Å²) >= 11 is 0. The van der Waals surface area contributed by atoms with Crippen LogP contribution in [0.5, 0.6) is 0 Å². The van der Waals surface area contributed by atoms with Crippen LogP contribution in [0.1, 0.15) is 37.7 Å². The van der Waals surface area contributed by atoms with Gasteiger partial charge in [0.25, 0.3) is 0 Å². The third kappa shape index (κ3) is 3.59. The van der Waals surface area contributed by atoms with Crippen LogP contribution in [-0.4, -0.2) is 21.5 Å². The van der Waals surface area contributed by atoms with Crippen molar-refractivity contribution in [3.05, 3.63) is 29.8 Å². The van der Waals surface area contributed by atoms with E-state index in [0.29, 0.717) is 18.0 Å². The van der Waals surface area contributed by atoms with Crippen LogP contribution in [0.3, 0.4) is 0 Å². The molecule has 5 heteroatoms. The van der Waals surface area contributed by atoms with Gasteiger partial charge in [-0.1, -0.05) is 31.4 Å². The average molecular weight is 296 g/mol. The maximum atomic E-state index is 12.3. The number of sulfonamides is 1. The van der Waals surface area contributed by atoms with Crippen LogP contribution in [-0.2, 0) is 10.0 Å².